The topological polar surface area (TPSA) is 66.7 Å². The molecule has 0 amide bonds. The highest BCUT2D eigenvalue weighted by molar-refractivity contribution is 5.68. The molecule has 0 aliphatic carbocycles. The molecule has 1 aromatic carbocycles. The molecule has 0 atom stereocenters. The van der Waals surface area contributed by atoms with Crippen molar-refractivity contribution in [2.24, 2.45) is 0 Å². The van der Waals surface area contributed by atoms with E-state index < -0.39 is 0 Å². The summed E-state index contributed by atoms with van der Waals surface area (Å²) in [6, 6.07) is 8.24. The van der Waals surface area contributed by atoms with Crippen LogP contribution in [0.15, 0.2) is 24.3 Å². The number of aromatic amines is 1. The summed E-state index contributed by atoms with van der Waals surface area (Å²) in [6.07, 6.45) is 2.17. The van der Waals surface area contributed by atoms with Gasteiger partial charge in [0.2, 0.25) is 0 Å². The smallest absolute Gasteiger partial charge is 0.173 e. The number of benzene rings is 1. The van der Waals surface area contributed by atoms with Crippen molar-refractivity contribution < 1.29 is 0 Å². The standard InChI is InChI=1S/C13H18N4/c1-3-6-10-7-4-5-8-11(10)17-13-12(14)15-9(2)16-13/h4-5,7-8,17H,3,6,14H2,1-2H3,(H,15,16). The molecule has 0 saturated heterocycles. The van der Waals surface area contributed by atoms with Crippen LogP contribution in [0.2, 0.25) is 0 Å². The number of aryl methyl sites for hydroxylation is 2. The molecule has 1 aromatic heterocycles. The van der Waals surface area contributed by atoms with Gasteiger partial charge in [-0.1, -0.05) is 31.5 Å². The maximum absolute atomic E-state index is 5.83. The summed E-state index contributed by atoms with van der Waals surface area (Å²) in [4.78, 5) is 7.30. The number of nitrogens with one attached hydrogen (secondary N) is 2. The highest BCUT2D eigenvalue weighted by atomic mass is 15.1. The monoisotopic (exact) mass is 230 g/mol. The van der Waals surface area contributed by atoms with Crippen molar-refractivity contribution in [3.05, 3.63) is 35.7 Å². The second-order valence-corrected chi connectivity index (χ2v) is 4.12. The van der Waals surface area contributed by atoms with Gasteiger partial charge in [0, 0.05) is 5.69 Å². The van der Waals surface area contributed by atoms with Gasteiger partial charge in [0.15, 0.2) is 5.82 Å². The summed E-state index contributed by atoms with van der Waals surface area (Å²) in [5.41, 5.74) is 8.20. The van der Waals surface area contributed by atoms with Crippen molar-refractivity contribution in [2.75, 3.05) is 11.1 Å². The summed E-state index contributed by atoms with van der Waals surface area (Å²) in [5, 5.41) is 3.28. The molecule has 0 aliphatic rings. The zero-order valence-corrected chi connectivity index (χ0v) is 10.2. The molecule has 0 saturated carbocycles. The Kier molecular flexibility index (Phi) is 3.32. The van der Waals surface area contributed by atoms with Gasteiger partial charge in [-0.25, -0.2) is 4.98 Å². The van der Waals surface area contributed by atoms with E-state index in [0.29, 0.717) is 11.6 Å². The molecular weight excluding hydrogens is 212 g/mol. The van der Waals surface area contributed by atoms with E-state index in [9.17, 15) is 0 Å². The third-order valence-electron chi connectivity index (χ3n) is 2.64. The SMILES string of the molecule is CCCc1ccccc1Nc1nc(C)[nH]c1N. The van der Waals surface area contributed by atoms with Crippen molar-refractivity contribution in [3.63, 3.8) is 0 Å². The van der Waals surface area contributed by atoms with E-state index in [0.717, 1.165) is 24.4 Å². The van der Waals surface area contributed by atoms with Crippen LogP contribution in [0.4, 0.5) is 17.3 Å². The van der Waals surface area contributed by atoms with Gasteiger partial charge < -0.3 is 16.0 Å². The van der Waals surface area contributed by atoms with Gasteiger partial charge in [0.05, 0.1) is 0 Å². The Balaban J connectivity index is 2.26. The molecule has 0 spiro atoms. The summed E-state index contributed by atoms with van der Waals surface area (Å²) < 4.78 is 0. The number of hydrogen-bond donors (Lipinski definition) is 3. The Hall–Kier alpha value is -1.97. The zero-order valence-electron chi connectivity index (χ0n) is 10.2. The Morgan fingerprint density at radius 3 is 2.76 bits per heavy atom. The first kappa shape index (κ1) is 11.5. The normalized spacial score (nSPS) is 10.5. The van der Waals surface area contributed by atoms with Crippen LogP contribution < -0.4 is 11.1 Å². The first-order valence-corrected chi connectivity index (χ1v) is 5.87. The summed E-state index contributed by atoms with van der Waals surface area (Å²) >= 11 is 0. The van der Waals surface area contributed by atoms with Crippen molar-refractivity contribution in [1.29, 1.82) is 0 Å². The minimum Gasteiger partial charge on any atom is -0.382 e. The first-order valence-electron chi connectivity index (χ1n) is 5.87. The lowest BCUT2D eigenvalue weighted by atomic mass is 10.1. The van der Waals surface area contributed by atoms with E-state index in [4.69, 9.17) is 5.73 Å². The van der Waals surface area contributed by atoms with Gasteiger partial charge in [-0.05, 0) is 25.0 Å². The largest absolute Gasteiger partial charge is 0.382 e. The fourth-order valence-corrected chi connectivity index (χ4v) is 1.86. The van der Waals surface area contributed by atoms with Crippen LogP contribution in [0.25, 0.3) is 0 Å². The van der Waals surface area contributed by atoms with Crippen LogP contribution in [-0.2, 0) is 6.42 Å². The molecular formula is C13H18N4. The Bertz CT molecular complexity index is 502. The maximum Gasteiger partial charge on any atom is 0.173 e. The molecule has 4 nitrogen and oxygen atoms in total. The second-order valence-electron chi connectivity index (χ2n) is 4.12. The third-order valence-corrected chi connectivity index (χ3v) is 2.64. The van der Waals surface area contributed by atoms with Crippen LogP contribution in [-0.4, -0.2) is 9.97 Å². The zero-order chi connectivity index (χ0) is 12.3. The second kappa shape index (κ2) is 4.91. The van der Waals surface area contributed by atoms with E-state index in [-0.39, 0.29) is 0 Å². The number of H-pyrrole nitrogens is 1. The number of imidazole rings is 1. The highest BCUT2D eigenvalue weighted by Gasteiger charge is 2.07. The lowest BCUT2D eigenvalue weighted by Crippen LogP contribution is -1.98. The van der Waals surface area contributed by atoms with E-state index in [1.54, 1.807) is 0 Å². The fraction of sp³-hybridized carbons (Fsp3) is 0.308. The number of nitrogens with zero attached hydrogens (tertiary/aromatic N) is 1. The Morgan fingerprint density at radius 2 is 2.12 bits per heavy atom. The van der Waals surface area contributed by atoms with E-state index >= 15 is 0 Å². The molecule has 4 N–H and O–H groups in total. The maximum atomic E-state index is 5.83. The molecule has 1 heterocycles. The number of aromatic nitrogens is 2. The Morgan fingerprint density at radius 1 is 1.35 bits per heavy atom. The fourth-order valence-electron chi connectivity index (χ4n) is 1.86. The molecule has 0 fully saturated rings. The summed E-state index contributed by atoms with van der Waals surface area (Å²) in [6.45, 7) is 4.06. The minimum atomic E-state index is 0.578. The third kappa shape index (κ3) is 2.58. The molecule has 0 bridgehead atoms. The summed E-state index contributed by atoms with van der Waals surface area (Å²) in [7, 11) is 0. The lowest BCUT2D eigenvalue weighted by molar-refractivity contribution is 0.923. The van der Waals surface area contributed by atoms with Crippen LogP contribution in [0.3, 0.4) is 0 Å². The van der Waals surface area contributed by atoms with Crippen LogP contribution in [0.5, 0.6) is 0 Å². The van der Waals surface area contributed by atoms with Gasteiger partial charge in [0.1, 0.15) is 11.6 Å². The van der Waals surface area contributed by atoms with Gasteiger partial charge >= 0.3 is 0 Å². The molecule has 2 rings (SSSR count). The quantitative estimate of drug-likeness (QED) is 0.756. The van der Waals surface area contributed by atoms with E-state index in [1.807, 2.05) is 13.0 Å². The van der Waals surface area contributed by atoms with Crippen molar-refractivity contribution in [2.45, 2.75) is 26.7 Å². The summed E-state index contributed by atoms with van der Waals surface area (Å²) in [5.74, 6) is 2.10. The van der Waals surface area contributed by atoms with Gasteiger partial charge in [-0.3, -0.25) is 0 Å². The predicted molar refractivity (Wildman–Crippen MR) is 71.5 cm³/mol. The number of nitrogen functional groups attached to an aromatic ring is 1. The average molecular weight is 230 g/mol. The van der Waals surface area contributed by atoms with Gasteiger partial charge in [0.25, 0.3) is 0 Å². The number of anilines is 3. The lowest BCUT2D eigenvalue weighted by Gasteiger charge is -2.09. The number of para-hydroxylation sites is 1. The molecule has 2 aromatic rings. The molecule has 0 radical (unpaired) electrons. The molecule has 0 unspecified atom stereocenters. The van der Waals surface area contributed by atoms with Crippen LogP contribution in [0.1, 0.15) is 24.7 Å². The van der Waals surface area contributed by atoms with E-state index in [2.05, 4.69) is 40.4 Å². The number of nitrogens with two attached hydrogens (primary N) is 1. The average Bonchev–Trinajstić information content (AvgIpc) is 2.61. The number of rotatable bonds is 4. The van der Waals surface area contributed by atoms with E-state index in [1.165, 1.54) is 5.56 Å². The molecule has 90 valence electrons. The first-order chi connectivity index (χ1) is 8.20. The molecule has 17 heavy (non-hydrogen) atoms. The van der Waals surface area contributed by atoms with Crippen molar-refractivity contribution in [1.82, 2.24) is 9.97 Å². The van der Waals surface area contributed by atoms with Crippen LogP contribution in [0, 0.1) is 6.92 Å². The van der Waals surface area contributed by atoms with Gasteiger partial charge in [-0.2, -0.15) is 0 Å². The highest BCUT2D eigenvalue weighted by Crippen LogP contribution is 2.24. The number of hydrogen-bond acceptors (Lipinski definition) is 3. The molecule has 4 heteroatoms. The van der Waals surface area contributed by atoms with Crippen LogP contribution >= 0.6 is 0 Å². The Labute approximate surface area is 101 Å². The molecule has 0 aliphatic heterocycles. The predicted octanol–water partition coefficient (Wildman–Crippen LogP) is 3.00. The minimum absolute atomic E-state index is 0.578. The van der Waals surface area contributed by atoms with Crippen molar-refractivity contribution >= 4 is 17.3 Å². The van der Waals surface area contributed by atoms with Gasteiger partial charge in [-0.15, -0.1) is 0 Å². The van der Waals surface area contributed by atoms with Crippen molar-refractivity contribution in [3.8, 4) is 0 Å².